The number of hydrogen-bond donors (Lipinski definition) is 1. The summed E-state index contributed by atoms with van der Waals surface area (Å²) in [5, 5.41) is 3.08. The van der Waals surface area contributed by atoms with Crippen LogP contribution in [-0.2, 0) is 9.59 Å². The van der Waals surface area contributed by atoms with E-state index in [0.29, 0.717) is 11.7 Å². The molecule has 0 bridgehead atoms. The number of amides is 2. The van der Waals surface area contributed by atoms with Crippen molar-refractivity contribution in [2.75, 3.05) is 31.6 Å². The van der Waals surface area contributed by atoms with Gasteiger partial charge in [-0.05, 0) is 37.9 Å². The zero-order chi connectivity index (χ0) is 13.7. The number of thioether (sulfide) groups is 1. The predicted molar refractivity (Wildman–Crippen MR) is 78.0 cm³/mol. The van der Waals surface area contributed by atoms with Crippen molar-refractivity contribution in [2.45, 2.75) is 32.1 Å². The Hall–Kier alpha value is -0.710. The molecule has 2 amide bonds. The molecule has 1 aliphatic carbocycles. The van der Waals surface area contributed by atoms with Crippen LogP contribution in [0.5, 0.6) is 0 Å². The van der Waals surface area contributed by atoms with E-state index in [1.807, 2.05) is 11.2 Å². The Morgan fingerprint density at radius 2 is 1.89 bits per heavy atom. The number of likely N-dealkylation sites (tertiary alicyclic amines) is 1. The molecule has 0 spiro atoms. The summed E-state index contributed by atoms with van der Waals surface area (Å²) in [5.74, 6) is 1.91. The largest absolute Gasteiger partial charge is 0.356 e. The van der Waals surface area contributed by atoms with Crippen molar-refractivity contribution in [3.63, 3.8) is 0 Å². The van der Waals surface area contributed by atoms with Crippen LogP contribution in [0.4, 0.5) is 0 Å². The van der Waals surface area contributed by atoms with E-state index in [4.69, 9.17) is 0 Å². The topological polar surface area (TPSA) is 49.4 Å². The first-order valence-corrected chi connectivity index (χ1v) is 8.64. The highest BCUT2D eigenvalue weighted by Crippen LogP contribution is 2.26. The second kappa shape index (κ2) is 7.17. The first-order valence-electron chi connectivity index (χ1n) is 7.25. The summed E-state index contributed by atoms with van der Waals surface area (Å²) < 4.78 is 0. The minimum absolute atomic E-state index is 0.243. The molecule has 1 N–H and O–H groups in total. The molecule has 108 valence electrons. The molecule has 2 fully saturated rings. The SMILES string of the molecule is CSCC(=O)N1CCC(CNC(=O)C2CCC2)CC1. The van der Waals surface area contributed by atoms with E-state index < -0.39 is 0 Å². The number of rotatable bonds is 5. The Balaban J connectivity index is 1.63. The van der Waals surface area contributed by atoms with Crippen molar-refractivity contribution in [2.24, 2.45) is 11.8 Å². The Bertz CT molecular complexity index is 323. The standard InChI is InChI=1S/C14H24N2O2S/c1-19-10-13(17)16-7-5-11(6-8-16)9-15-14(18)12-3-2-4-12/h11-12H,2-10H2,1H3,(H,15,18). The number of nitrogens with one attached hydrogen (secondary N) is 1. The molecule has 1 aliphatic heterocycles. The lowest BCUT2D eigenvalue weighted by Crippen LogP contribution is -2.43. The number of carbonyl (C=O) groups excluding carboxylic acids is 2. The lowest BCUT2D eigenvalue weighted by atomic mass is 9.84. The molecule has 0 aromatic carbocycles. The molecule has 5 heteroatoms. The quantitative estimate of drug-likeness (QED) is 0.832. The van der Waals surface area contributed by atoms with Gasteiger partial charge in [-0.1, -0.05) is 6.42 Å². The highest BCUT2D eigenvalue weighted by molar-refractivity contribution is 7.99. The number of nitrogens with zero attached hydrogens (tertiary/aromatic N) is 1. The molecule has 1 heterocycles. The van der Waals surface area contributed by atoms with Gasteiger partial charge in [0.25, 0.3) is 0 Å². The molecule has 2 rings (SSSR count). The zero-order valence-corrected chi connectivity index (χ0v) is 12.5. The van der Waals surface area contributed by atoms with Crippen molar-refractivity contribution >= 4 is 23.6 Å². The Kier molecular flexibility index (Phi) is 5.55. The summed E-state index contributed by atoms with van der Waals surface area (Å²) in [5.41, 5.74) is 0. The highest BCUT2D eigenvalue weighted by atomic mass is 32.2. The number of piperidine rings is 1. The van der Waals surface area contributed by atoms with Crippen LogP contribution in [0, 0.1) is 11.8 Å². The fourth-order valence-electron chi connectivity index (χ4n) is 2.66. The minimum Gasteiger partial charge on any atom is -0.356 e. The maximum Gasteiger partial charge on any atom is 0.232 e. The van der Waals surface area contributed by atoms with E-state index in [0.717, 1.165) is 45.3 Å². The average Bonchev–Trinajstić information content (AvgIpc) is 2.35. The van der Waals surface area contributed by atoms with Gasteiger partial charge in [0.15, 0.2) is 0 Å². The Morgan fingerprint density at radius 1 is 1.21 bits per heavy atom. The van der Waals surface area contributed by atoms with Gasteiger partial charge in [-0.15, -0.1) is 0 Å². The predicted octanol–water partition coefficient (Wildman–Crippen LogP) is 1.50. The van der Waals surface area contributed by atoms with Gasteiger partial charge in [0.1, 0.15) is 0 Å². The zero-order valence-electron chi connectivity index (χ0n) is 11.7. The van der Waals surface area contributed by atoms with E-state index in [1.54, 1.807) is 11.8 Å². The fourth-order valence-corrected chi connectivity index (χ4v) is 3.09. The second-order valence-corrected chi connectivity index (χ2v) is 6.50. The number of hydrogen-bond acceptors (Lipinski definition) is 3. The van der Waals surface area contributed by atoms with Gasteiger partial charge in [0.2, 0.25) is 11.8 Å². The van der Waals surface area contributed by atoms with E-state index in [-0.39, 0.29) is 17.7 Å². The average molecular weight is 284 g/mol. The summed E-state index contributed by atoms with van der Waals surface area (Å²) in [6, 6.07) is 0. The van der Waals surface area contributed by atoms with Crippen LogP contribution in [0.25, 0.3) is 0 Å². The molecule has 1 saturated heterocycles. The number of carbonyl (C=O) groups is 2. The maximum absolute atomic E-state index is 11.7. The third kappa shape index (κ3) is 4.13. The van der Waals surface area contributed by atoms with Gasteiger partial charge in [0.05, 0.1) is 5.75 Å². The molecule has 0 aromatic heterocycles. The van der Waals surface area contributed by atoms with E-state index in [9.17, 15) is 9.59 Å². The third-order valence-electron chi connectivity index (χ3n) is 4.28. The molecule has 0 aromatic rings. The van der Waals surface area contributed by atoms with E-state index in [2.05, 4.69) is 5.32 Å². The van der Waals surface area contributed by atoms with Crippen molar-refractivity contribution in [1.29, 1.82) is 0 Å². The van der Waals surface area contributed by atoms with Crippen molar-refractivity contribution in [3.8, 4) is 0 Å². The second-order valence-electron chi connectivity index (χ2n) is 5.63. The molecule has 19 heavy (non-hydrogen) atoms. The Morgan fingerprint density at radius 3 is 2.42 bits per heavy atom. The van der Waals surface area contributed by atoms with Crippen LogP contribution in [0.1, 0.15) is 32.1 Å². The van der Waals surface area contributed by atoms with Gasteiger partial charge >= 0.3 is 0 Å². The summed E-state index contributed by atoms with van der Waals surface area (Å²) in [7, 11) is 0. The molecule has 0 radical (unpaired) electrons. The third-order valence-corrected chi connectivity index (χ3v) is 4.81. The van der Waals surface area contributed by atoms with Crippen LogP contribution < -0.4 is 5.32 Å². The first-order chi connectivity index (χ1) is 9.20. The first kappa shape index (κ1) is 14.7. The van der Waals surface area contributed by atoms with Crippen LogP contribution in [0.3, 0.4) is 0 Å². The lowest BCUT2D eigenvalue weighted by Gasteiger charge is -2.32. The van der Waals surface area contributed by atoms with Crippen molar-refractivity contribution in [1.82, 2.24) is 10.2 Å². The normalized spacial score (nSPS) is 21.0. The van der Waals surface area contributed by atoms with E-state index in [1.165, 1.54) is 6.42 Å². The Labute approximate surface area is 119 Å². The molecule has 1 saturated carbocycles. The summed E-state index contributed by atoms with van der Waals surface area (Å²) in [6.07, 6.45) is 7.33. The molecule has 2 aliphatic rings. The monoisotopic (exact) mass is 284 g/mol. The van der Waals surface area contributed by atoms with Gasteiger partial charge in [-0.3, -0.25) is 9.59 Å². The fraction of sp³-hybridized carbons (Fsp3) is 0.857. The molecular weight excluding hydrogens is 260 g/mol. The van der Waals surface area contributed by atoms with Crippen LogP contribution >= 0.6 is 11.8 Å². The van der Waals surface area contributed by atoms with Gasteiger partial charge < -0.3 is 10.2 Å². The van der Waals surface area contributed by atoms with Gasteiger partial charge in [0, 0.05) is 25.6 Å². The summed E-state index contributed by atoms with van der Waals surface area (Å²) in [6.45, 7) is 2.49. The van der Waals surface area contributed by atoms with Crippen molar-refractivity contribution in [3.05, 3.63) is 0 Å². The molecule has 4 nitrogen and oxygen atoms in total. The summed E-state index contributed by atoms with van der Waals surface area (Å²) in [4.78, 5) is 25.4. The molecule has 0 unspecified atom stereocenters. The van der Waals surface area contributed by atoms with Crippen LogP contribution in [0.15, 0.2) is 0 Å². The van der Waals surface area contributed by atoms with Crippen LogP contribution in [-0.4, -0.2) is 48.4 Å². The summed E-state index contributed by atoms with van der Waals surface area (Å²) >= 11 is 1.58. The van der Waals surface area contributed by atoms with Crippen LogP contribution in [0.2, 0.25) is 0 Å². The van der Waals surface area contributed by atoms with Gasteiger partial charge in [-0.2, -0.15) is 11.8 Å². The lowest BCUT2D eigenvalue weighted by molar-refractivity contribution is -0.130. The van der Waals surface area contributed by atoms with Crippen molar-refractivity contribution < 1.29 is 9.59 Å². The minimum atomic E-state index is 0.243. The van der Waals surface area contributed by atoms with Gasteiger partial charge in [-0.25, -0.2) is 0 Å². The maximum atomic E-state index is 11.7. The highest BCUT2D eigenvalue weighted by Gasteiger charge is 2.27. The van der Waals surface area contributed by atoms with E-state index >= 15 is 0 Å². The smallest absolute Gasteiger partial charge is 0.232 e. The molecular formula is C14H24N2O2S. The molecule has 0 atom stereocenters.